The minimum Gasteiger partial charge on any atom is -0.396 e. The number of aliphatic hydroxyl groups is 2. The number of hydrogen-bond donors (Lipinski definition) is 2. The van der Waals surface area contributed by atoms with Crippen LogP contribution in [0.25, 0.3) is 0 Å². The lowest BCUT2D eigenvalue weighted by Crippen LogP contribution is -2.20. The molecule has 0 bridgehead atoms. The monoisotopic (exact) mass is 158 g/mol. The van der Waals surface area contributed by atoms with E-state index in [0.717, 1.165) is 0 Å². The molecular formula is C5H9F3O2. The Bertz CT molecular complexity index is 91.4. The molecule has 0 aliphatic carbocycles. The molecule has 62 valence electrons. The molecule has 0 saturated heterocycles. The summed E-state index contributed by atoms with van der Waals surface area (Å²) >= 11 is 0. The van der Waals surface area contributed by atoms with Crippen LogP contribution < -0.4 is 0 Å². The molecule has 10 heavy (non-hydrogen) atoms. The third kappa shape index (κ3) is 5.84. The van der Waals surface area contributed by atoms with Crippen LogP contribution in [0.2, 0.25) is 0 Å². The van der Waals surface area contributed by atoms with Crippen molar-refractivity contribution in [3.8, 4) is 0 Å². The molecule has 0 amide bonds. The first kappa shape index (κ1) is 9.71. The smallest absolute Gasteiger partial charge is 0.391 e. The average molecular weight is 158 g/mol. The molecule has 0 aliphatic rings. The molecule has 0 fully saturated rings. The topological polar surface area (TPSA) is 40.5 Å². The van der Waals surface area contributed by atoms with E-state index in [4.69, 9.17) is 10.2 Å². The Morgan fingerprint density at radius 1 is 1.30 bits per heavy atom. The molecule has 0 aromatic carbocycles. The lowest BCUT2D eigenvalue weighted by Gasteiger charge is -2.10. The Morgan fingerprint density at radius 3 is 2.10 bits per heavy atom. The van der Waals surface area contributed by atoms with Crippen LogP contribution in [-0.2, 0) is 0 Å². The Kier molecular flexibility index (Phi) is 3.67. The fraction of sp³-hybridized carbons (Fsp3) is 1.00. The molecule has 5 heteroatoms. The van der Waals surface area contributed by atoms with E-state index in [9.17, 15) is 13.2 Å². The Hall–Kier alpha value is -0.290. The summed E-state index contributed by atoms with van der Waals surface area (Å²) in [6.45, 7) is -0.419. The van der Waals surface area contributed by atoms with Crippen LogP contribution in [0.5, 0.6) is 0 Å². The van der Waals surface area contributed by atoms with Crippen molar-refractivity contribution in [1.29, 1.82) is 0 Å². The summed E-state index contributed by atoms with van der Waals surface area (Å²) in [6.07, 6.45) is -7.27. The summed E-state index contributed by atoms with van der Waals surface area (Å²) in [5.74, 6) is 0. The van der Waals surface area contributed by atoms with Gasteiger partial charge in [-0.25, -0.2) is 0 Å². The summed E-state index contributed by atoms with van der Waals surface area (Å²) in [4.78, 5) is 0. The van der Waals surface area contributed by atoms with E-state index < -0.39 is 25.3 Å². The highest BCUT2D eigenvalue weighted by molar-refractivity contribution is 4.60. The van der Waals surface area contributed by atoms with Crippen LogP contribution in [0.4, 0.5) is 13.2 Å². The maximum Gasteiger partial charge on any atom is 0.391 e. The summed E-state index contributed by atoms with van der Waals surface area (Å²) < 4.78 is 34.2. The van der Waals surface area contributed by atoms with Crippen molar-refractivity contribution >= 4 is 0 Å². The van der Waals surface area contributed by atoms with Gasteiger partial charge in [0, 0.05) is 6.61 Å². The van der Waals surface area contributed by atoms with Crippen LogP contribution in [0, 0.1) is 0 Å². The highest BCUT2D eigenvalue weighted by Crippen LogP contribution is 2.22. The average Bonchev–Trinajstić information content (AvgIpc) is 1.59. The van der Waals surface area contributed by atoms with E-state index in [-0.39, 0.29) is 6.42 Å². The second-order valence-electron chi connectivity index (χ2n) is 1.99. The van der Waals surface area contributed by atoms with E-state index >= 15 is 0 Å². The van der Waals surface area contributed by atoms with Crippen molar-refractivity contribution < 1.29 is 23.4 Å². The highest BCUT2D eigenvalue weighted by Gasteiger charge is 2.30. The quantitative estimate of drug-likeness (QED) is 0.634. The summed E-state index contributed by atoms with van der Waals surface area (Å²) in [6, 6.07) is 0. The Labute approximate surface area is 56.3 Å². The fourth-order valence-corrected chi connectivity index (χ4v) is 0.518. The molecule has 1 atom stereocenters. The van der Waals surface area contributed by atoms with Gasteiger partial charge in [0.2, 0.25) is 0 Å². The SMILES string of the molecule is OCCC(O)CC(F)(F)F. The summed E-state index contributed by atoms with van der Waals surface area (Å²) in [5, 5.41) is 16.6. The second-order valence-corrected chi connectivity index (χ2v) is 1.99. The zero-order valence-corrected chi connectivity index (χ0v) is 5.23. The van der Waals surface area contributed by atoms with Gasteiger partial charge in [0.1, 0.15) is 0 Å². The normalized spacial score (nSPS) is 15.3. The third-order valence-electron chi connectivity index (χ3n) is 0.929. The van der Waals surface area contributed by atoms with Crippen molar-refractivity contribution in [2.24, 2.45) is 0 Å². The van der Waals surface area contributed by atoms with E-state index in [0.29, 0.717) is 0 Å². The highest BCUT2D eigenvalue weighted by atomic mass is 19.4. The number of aliphatic hydroxyl groups excluding tert-OH is 2. The van der Waals surface area contributed by atoms with Crippen molar-refractivity contribution in [3.05, 3.63) is 0 Å². The zero-order valence-electron chi connectivity index (χ0n) is 5.23. The van der Waals surface area contributed by atoms with Gasteiger partial charge >= 0.3 is 6.18 Å². The molecule has 0 saturated carbocycles. The molecule has 2 N–H and O–H groups in total. The van der Waals surface area contributed by atoms with E-state index in [1.54, 1.807) is 0 Å². The van der Waals surface area contributed by atoms with Gasteiger partial charge in [-0.05, 0) is 6.42 Å². The predicted molar refractivity (Wildman–Crippen MR) is 28.4 cm³/mol. The zero-order chi connectivity index (χ0) is 8.20. The van der Waals surface area contributed by atoms with Gasteiger partial charge in [-0.1, -0.05) is 0 Å². The molecule has 2 nitrogen and oxygen atoms in total. The Morgan fingerprint density at radius 2 is 1.80 bits per heavy atom. The molecule has 0 spiro atoms. The molecule has 0 aromatic rings. The minimum absolute atomic E-state index is 0.223. The van der Waals surface area contributed by atoms with Crippen molar-refractivity contribution in [2.45, 2.75) is 25.1 Å². The van der Waals surface area contributed by atoms with Crippen molar-refractivity contribution in [1.82, 2.24) is 0 Å². The van der Waals surface area contributed by atoms with Crippen LogP contribution in [-0.4, -0.2) is 29.1 Å². The molecule has 0 rings (SSSR count). The first-order chi connectivity index (χ1) is 4.45. The first-order valence-corrected chi connectivity index (χ1v) is 2.81. The maximum atomic E-state index is 11.4. The predicted octanol–water partition coefficient (Wildman–Crippen LogP) is 0.682. The fourth-order valence-electron chi connectivity index (χ4n) is 0.518. The molecular weight excluding hydrogens is 149 g/mol. The van der Waals surface area contributed by atoms with Crippen LogP contribution in [0.15, 0.2) is 0 Å². The number of rotatable bonds is 3. The first-order valence-electron chi connectivity index (χ1n) is 2.81. The number of alkyl halides is 3. The van der Waals surface area contributed by atoms with Crippen LogP contribution in [0.1, 0.15) is 12.8 Å². The number of halogens is 3. The van der Waals surface area contributed by atoms with Crippen LogP contribution >= 0.6 is 0 Å². The van der Waals surface area contributed by atoms with Gasteiger partial charge < -0.3 is 10.2 Å². The van der Waals surface area contributed by atoms with Crippen LogP contribution in [0.3, 0.4) is 0 Å². The minimum atomic E-state index is -4.34. The lowest BCUT2D eigenvalue weighted by molar-refractivity contribution is -0.154. The van der Waals surface area contributed by atoms with Gasteiger partial charge in [0.25, 0.3) is 0 Å². The number of hydrogen-bond acceptors (Lipinski definition) is 2. The standard InChI is InChI=1S/C5H9F3O2/c6-5(7,8)3-4(10)1-2-9/h4,9-10H,1-3H2. The van der Waals surface area contributed by atoms with Crippen molar-refractivity contribution in [2.75, 3.05) is 6.61 Å². The molecule has 1 unspecified atom stereocenters. The molecule has 0 aliphatic heterocycles. The van der Waals surface area contributed by atoms with E-state index in [1.807, 2.05) is 0 Å². The largest absolute Gasteiger partial charge is 0.396 e. The van der Waals surface area contributed by atoms with Gasteiger partial charge in [-0.15, -0.1) is 0 Å². The molecule has 0 heterocycles. The van der Waals surface area contributed by atoms with Crippen molar-refractivity contribution in [3.63, 3.8) is 0 Å². The van der Waals surface area contributed by atoms with E-state index in [2.05, 4.69) is 0 Å². The Balaban J connectivity index is 3.47. The summed E-state index contributed by atoms with van der Waals surface area (Å²) in [5.41, 5.74) is 0. The van der Waals surface area contributed by atoms with Gasteiger partial charge in [0.15, 0.2) is 0 Å². The van der Waals surface area contributed by atoms with Gasteiger partial charge in [-0.2, -0.15) is 13.2 Å². The molecule has 0 aromatic heterocycles. The van der Waals surface area contributed by atoms with Gasteiger partial charge in [0.05, 0.1) is 12.5 Å². The third-order valence-corrected chi connectivity index (χ3v) is 0.929. The molecule has 0 radical (unpaired) electrons. The van der Waals surface area contributed by atoms with Gasteiger partial charge in [-0.3, -0.25) is 0 Å². The second kappa shape index (κ2) is 3.78. The van der Waals surface area contributed by atoms with E-state index in [1.165, 1.54) is 0 Å². The summed E-state index contributed by atoms with van der Waals surface area (Å²) in [7, 11) is 0. The maximum absolute atomic E-state index is 11.4. The lowest BCUT2D eigenvalue weighted by atomic mass is 10.2.